The van der Waals surface area contributed by atoms with E-state index in [4.69, 9.17) is 0 Å². The highest BCUT2D eigenvalue weighted by atomic mass is 32.2. The summed E-state index contributed by atoms with van der Waals surface area (Å²) in [5.41, 5.74) is 2.25. The molecule has 8 nitrogen and oxygen atoms in total. The van der Waals surface area contributed by atoms with Gasteiger partial charge in [0.1, 0.15) is 6.54 Å². The van der Waals surface area contributed by atoms with Crippen molar-refractivity contribution in [2.24, 2.45) is 0 Å². The van der Waals surface area contributed by atoms with Crippen LogP contribution < -0.4 is 4.31 Å². The summed E-state index contributed by atoms with van der Waals surface area (Å²) in [7, 11) is -2.97. The van der Waals surface area contributed by atoms with E-state index < -0.39 is 20.0 Å². The van der Waals surface area contributed by atoms with Crippen LogP contribution in [0.15, 0.2) is 53.4 Å². The molecule has 2 aromatic rings. The summed E-state index contributed by atoms with van der Waals surface area (Å²) in [6, 6.07) is 13.1. The number of carbonyl (C=O) groups excluding carboxylic acids is 1. The molecule has 0 unspecified atom stereocenters. The third-order valence-corrected chi connectivity index (χ3v) is 7.52. The van der Waals surface area contributed by atoms with Gasteiger partial charge in [-0.1, -0.05) is 29.8 Å². The average molecular weight is 454 g/mol. The van der Waals surface area contributed by atoms with Gasteiger partial charge in [-0.25, -0.2) is 21.1 Å². The van der Waals surface area contributed by atoms with E-state index in [0.29, 0.717) is 6.54 Å². The van der Waals surface area contributed by atoms with Crippen molar-refractivity contribution in [1.82, 2.24) is 9.21 Å². The Labute approximate surface area is 178 Å². The van der Waals surface area contributed by atoms with Crippen LogP contribution in [-0.2, 0) is 31.4 Å². The molecular weight excluding hydrogens is 426 g/mol. The summed E-state index contributed by atoms with van der Waals surface area (Å²) in [6.07, 6.45) is 1.00. The van der Waals surface area contributed by atoms with E-state index in [1.54, 1.807) is 7.05 Å². The van der Waals surface area contributed by atoms with Crippen molar-refractivity contribution in [1.29, 1.82) is 0 Å². The molecule has 0 saturated carbocycles. The van der Waals surface area contributed by atoms with E-state index in [1.165, 1.54) is 43.3 Å². The van der Waals surface area contributed by atoms with Gasteiger partial charge < -0.3 is 4.90 Å². The van der Waals surface area contributed by atoms with Crippen LogP contribution in [0, 0.1) is 6.92 Å². The zero-order valence-electron chi connectivity index (χ0n) is 17.7. The lowest BCUT2D eigenvalue weighted by Crippen LogP contribution is -2.41. The zero-order chi connectivity index (χ0) is 22.7. The SMILES string of the molecule is Cc1ccc(CN(C)C(=O)CN(c2ccc(S(=O)(=O)N(C)C)cc2)S(C)(=O)=O)cc1. The molecule has 0 aliphatic rings. The lowest BCUT2D eigenvalue weighted by atomic mass is 10.1. The van der Waals surface area contributed by atoms with E-state index in [2.05, 4.69) is 0 Å². The molecule has 0 bridgehead atoms. The van der Waals surface area contributed by atoms with Crippen molar-refractivity contribution >= 4 is 31.6 Å². The zero-order valence-corrected chi connectivity index (χ0v) is 19.4. The predicted octanol–water partition coefficient (Wildman–Crippen LogP) is 1.67. The number of rotatable bonds is 8. The van der Waals surface area contributed by atoms with E-state index in [-0.39, 0.29) is 23.0 Å². The molecule has 1 amide bonds. The lowest BCUT2D eigenvalue weighted by molar-refractivity contribution is -0.128. The number of anilines is 1. The van der Waals surface area contributed by atoms with Crippen molar-refractivity contribution in [2.45, 2.75) is 18.4 Å². The molecule has 10 heteroatoms. The Morgan fingerprint density at radius 3 is 1.87 bits per heavy atom. The monoisotopic (exact) mass is 453 g/mol. The van der Waals surface area contributed by atoms with Crippen molar-refractivity contribution in [3.63, 3.8) is 0 Å². The van der Waals surface area contributed by atoms with Crippen LogP contribution in [-0.4, -0.2) is 65.9 Å². The van der Waals surface area contributed by atoms with Gasteiger partial charge in [0.05, 0.1) is 16.8 Å². The van der Waals surface area contributed by atoms with Crippen LogP contribution in [0.1, 0.15) is 11.1 Å². The van der Waals surface area contributed by atoms with Gasteiger partial charge >= 0.3 is 0 Å². The van der Waals surface area contributed by atoms with E-state index in [0.717, 1.165) is 26.0 Å². The Morgan fingerprint density at radius 1 is 0.867 bits per heavy atom. The van der Waals surface area contributed by atoms with Gasteiger partial charge in [0, 0.05) is 27.7 Å². The summed E-state index contributed by atoms with van der Waals surface area (Å²) in [6.45, 7) is 1.93. The van der Waals surface area contributed by atoms with Crippen LogP contribution >= 0.6 is 0 Å². The summed E-state index contributed by atoms with van der Waals surface area (Å²) < 4.78 is 51.1. The van der Waals surface area contributed by atoms with Crippen molar-refractivity contribution < 1.29 is 21.6 Å². The molecule has 164 valence electrons. The number of nitrogens with zero attached hydrogens (tertiary/aromatic N) is 3. The highest BCUT2D eigenvalue weighted by Crippen LogP contribution is 2.22. The molecule has 0 radical (unpaired) electrons. The molecule has 0 aromatic heterocycles. The summed E-state index contributed by atoms with van der Waals surface area (Å²) in [5, 5.41) is 0. The Balaban J connectivity index is 2.22. The second-order valence-electron chi connectivity index (χ2n) is 7.29. The van der Waals surface area contributed by atoms with Gasteiger partial charge in [-0.3, -0.25) is 9.10 Å². The third kappa shape index (κ3) is 5.80. The Hall–Kier alpha value is -2.43. The summed E-state index contributed by atoms with van der Waals surface area (Å²) >= 11 is 0. The Morgan fingerprint density at radius 2 is 1.40 bits per heavy atom. The van der Waals surface area contributed by atoms with Crippen LogP contribution in [0.25, 0.3) is 0 Å². The second kappa shape index (κ2) is 9.15. The molecule has 0 atom stereocenters. The number of hydrogen-bond acceptors (Lipinski definition) is 5. The minimum Gasteiger partial charge on any atom is -0.340 e. The first-order chi connectivity index (χ1) is 13.8. The third-order valence-electron chi connectivity index (χ3n) is 4.55. The van der Waals surface area contributed by atoms with Gasteiger partial charge in [-0.15, -0.1) is 0 Å². The van der Waals surface area contributed by atoms with Gasteiger partial charge in [0.2, 0.25) is 26.0 Å². The van der Waals surface area contributed by atoms with Crippen LogP contribution in [0.2, 0.25) is 0 Å². The fourth-order valence-corrected chi connectivity index (χ4v) is 4.45. The molecule has 30 heavy (non-hydrogen) atoms. The number of sulfonamides is 2. The minimum atomic E-state index is -3.76. The molecule has 0 fully saturated rings. The average Bonchev–Trinajstić information content (AvgIpc) is 2.66. The molecular formula is C20H27N3O5S2. The summed E-state index contributed by atoms with van der Waals surface area (Å²) in [5.74, 6) is -0.383. The smallest absolute Gasteiger partial charge is 0.243 e. The predicted molar refractivity (Wildman–Crippen MR) is 117 cm³/mol. The molecule has 0 aliphatic heterocycles. The van der Waals surface area contributed by atoms with Crippen molar-refractivity contribution in [3.05, 3.63) is 59.7 Å². The molecule has 0 heterocycles. The maximum atomic E-state index is 12.7. The van der Waals surface area contributed by atoms with E-state index in [9.17, 15) is 21.6 Å². The van der Waals surface area contributed by atoms with Gasteiger partial charge in [0.15, 0.2) is 0 Å². The largest absolute Gasteiger partial charge is 0.340 e. The first kappa shape index (κ1) is 23.8. The summed E-state index contributed by atoms with van der Waals surface area (Å²) in [4.78, 5) is 14.2. The highest BCUT2D eigenvalue weighted by Gasteiger charge is 2.24. The van der Waals surface area contributed by atoms with Crippen molar-refractivity contribution in [3.8, 4) is 0 Å². The normalized spacial score (nSPS) is 12.1. The number of carbonyl (C=O) groups is 1. The number of aryl methyl sites for hydroxylation is 1. The fourth-order valence-electron chi connectivity index (χ4n) is 2.69. The van der Waals surface area contributed by atoms with Gasteiger partial charge in [-0.05, 0) is 36.8 Å². The van der Waals surface area contributed by atoms with Crippen LogP contribution in [0.3, 0.4) is 0 Å². The maximum Gasteiger partial charge on any atom is 0.243 e. The fraction of sp³-hybridized carbons (Fsp3) is 0.350. The second-order valence-corrected chi connectivity index (χ2v) is 11.3. The molecule has 0 N–H and O–H groups in total. The number of hydrogen-bond donors (Lipinski definition) is 0. The number of benzene rings is 2. The molecule has 0 saturated heterocycles. The first-order valence-corrected chi connectivity index (χ1v) is 12.4. The van der Waals surface area contributed by atoms with E-state index >= 15 is 0 Å². The van der Waals surface area contributed by atoms with Gasteiger partial charge in [-0.2, -0.15) is 0 Å². The quantitative estimate of drug-likeness (QED) is 0.606. The lowest BCUT2D eigenvalue weighted by Gasteiger charge is -2.25. The topological polar surface area (TPSA) is 95.1 Å². The molecule has 2 aromatic carbocycles. The standard InChI is InChI=1S/C20H27N3O5S2/c1-16-6-8-17(9-7-16)14-22(4)20(24)15-23(29(5,25)26)18-10-12-19(13-11-18)30(27,28)21(2)3/h6-13H,14-15H2,1-5H3. The minimum absolute atomic E-state index is 0.0347. The Kier molecular flexibility index (Phi) is 7.27. The number of likely N-dealkylation sites (N-methyl/N-ethyl adjacent to an activating group) is 1. The van der Waals surface area contributed by atoms with Crippen molar-refractivity contribution in [2.75, 3.05) is 38.2 Å². The molecule has 2 rings (SSSR count). The van der Waals surface area contributed by atoms with Gasteiger partial charge in [0.25, 0.3) is 0 Å². The molecule has 0 aliphatic carbocycles. The Bertz CT molecular complexity index is 1090. The van der Waals surface area contributed by atoms with Crippen LogP contribution in [0.4, 0.5) is 5.69 Å². The number of amides is 1. The molecule has 0 spiro atoms. The van der Waals surface area contributed by atoms with E-state index in [1.807, 2.05) is 31.2 Å². The first-order valence-electron chi connectivity index (χ1n) is 9.12. The highest BCUT2D eigenvalue weighted by molar-refractivity contribution is 7.92. The van der Waals surface area contributed by atoms with Crippen LogP contribution in [0.5, 0.6) is 0 Å². The maximum absolute atomic E-state index is 12.7.